The average Bonchev–Trinajstić information content (AvgIpc) is 2.27. The Bertz CT molecular complexity index is 425. The van der Waals surface area contributed by atoms with Crippen LogP contribution in [0.15, 0.2) is 16.6 Å². The predicted octanol–water partition coefficient (Wildman–Crippen LogP) is 0.0153. The molecule has 0 saturated carbocycles. The number of nitrogens with zero attached hydrogens (tertiary/aromatic N) is 1. The highest BCUT2D eigenvalue weighted by Gasteiger charge is 2.51. The van der Waals surface area contributed by atoms with Crippen LogP contribution in [0.5, 0.6) is 0 Å². The zero-order valence-corrected chi connectivity index (χ0v) is 8.68. The van der Waals surface area contributed by atoms with Gasteiger partial charge in [-0.2, -0.15) is 8.42 Å². The number of rotatable bonds is 1. The fourth-order valence-electron chi connectivity index (χ4n) is 1.50. The highest BCUT2D eigenvalue weighted by molar-refractivity contribution is 8.48. The van der Waals surface area contributed by atoms with Gasteiger partial charge in [-0.05, 0) is 0 Å². The summed E-state index contributed by atoms with van der Waals surface area (Å²) < 4.78 is 31.3. The van der Waals surface area contributed by atoms with E-state index in [1.54, 1.807) is 11.6 Å². The van der Waals surface area contributed by atoms with Gasteiger partial charge in [0, 0.05) is 25.2 Å². The van der Waals surface area contributed by atoms with Crippen LogP contribution in [0.4, 0.5) is 0 Å². The largest absolute Gasteiger partial charge is 0.438 e. The second-order valence-electron chi connectivity index (χ2n) is 3.20. The zero-order chi connectivity index (χ0) is 9.81. The molecule has 2 fully saturated rings. The van der Waals surface area contributed by atoms with E-state index in [1.807, 2.05) is 0 Å². The first-order valence-corrected chi connectivity index (χ1v) is 6.95. The minimum Gasteiger partial charge on any atom is -0.315 e. The van der Waals surface area contributed by atoms with Gasteiger partial charge < -0.3 is 5.32 Å². The SMILES string of the molecule is O=S1(=O)OS2(C=CN=C2C2CNC2)O1. The van der Waals surface area contributed by atoms with Crippen LogP contribution in [-0.2, 0) is 17.7 Å². The summed E-state index contributed by atoms with van der Waals surface area (Å²) >= 11 is 0. The van der Waals surface area contributed by atoms with Gasteiger partial charge >= 0.3 is 10.4 Å². The molecule has 0 atom stereocenters. The van der Waals surface area contributed by atoms with Crippen LogP contribution in [0, 0.1) is 5.92 Å². The summed E-state index contributed by atoms with van der Waals surface area (Å²) in [5.74, 6) is 0.246. The minimum absolute atomic E-state index is 0.246. The molecule has 0 aliphatic carbocycles. The third-order valence-electron chi connectivity index (χ3n) is 2.23. The van der Waals surface area contributed by atoms with E-state index < -0.39 is 21.0 Å². The van der Waals surface area contributed by atoms with Crippen molar-refractivity contribution in [3.63, 3.8) is 0 Å². The van der Waals surface area contributed by atoms with Gasteiger partial charge in [0.25, 0.3) is 0 Å². The summed E-state index contributed by atoms with van der Waals surface area (Å²) in [7, 11) is -5.87. The maximum atomic E-state index is 10.8. The number of nitrogens with one attached hydrogen (secondary N) is 1. The Balaban J connectivity index is 1.87. The molecule has 78 valence electrons. The van der Waals surface area contributed by atoms with Crippen molar-refractivity contribution in [1.29, 1.82) is 0 Å². The Labute approximate surface area is 83.0 Å². The molecule has 0 aromatic carbocycles. The predicted molar refractivity (Wildman–Crippen MR) is 51.6 cm³/mol. The maximum absolute atomic E-state index is 10.8. The molecule has 8 heteroatoms. The van der Waals surface area contributed by atoms with Crippen molar-refractivity contribution < 1.29 is 15.7 Å². The van der Waals surface area contributed by atoms with Crippen LogP contribution in [0.25, 0.3) is 0 Å². The molecule has 0 radical (unpaired) electrons. The molecule has 1 N–H and O–H groups in total. The van der Waals surface area contributed by atoms with Crippen molar-refractivity contribution in [3.05, 3.63) is 11.6 Å². The Hall–Kier alpha value is -0.410. The van der Waals surface area contributed by atoms with Gasteiger partial charge in [-0.3, -0.25) is 0 Å². The molecular weight excluding hydrogens is 228 g/mol. The van der Waals surface area contributed by atoms with Crippen molar-refractivity contribution in [2.75, 3.05) is 13.1 Å². The number of hydrogen-bond acceptors (Lipinski definition) is 6. The van der Waals surface area contributed by atoms with E-state index in [2.05, 4.69) is 10.3 Å². The van der Waals surface area contributed by atoms with Crippen molar-refractivity contribution in [3.8, 4) is 0 Å². The first-order chi connectivity index (χ1) is 6.61. The molecular formula is C6H8N2O4S2. The summed E-state index contributed by atoms with van der Waals surface area (Å²) in [6, 6.07) is 0. The van der Waals surface area contributed by atoms with Gasteiger partial charge in [-0.1, -0.05) is 10.6 Å². The minimum atomic E-state index is -3.74. The maximum Gasteiger partial charge on any atom is 0.438 e. The lowest BCUT2D eigenvalue weighted by molar-refractivity contribution is 0.353. The summed E-state index contributed by atoms with van der Waals surface area (Å²) in [6.07, 6.45) is 1.55. The van der Waals surface area contributed by atoms with E-state index in [0.29, 0.717) is 0 Å². The molecule has 1 spiro atoms. The van der Waals surface area contributed by atoms with Crippen molar-refractivity contribution in [1.82, 2.24) is 5.32 Å². The lowest BCUT2D eigenvalue weighted by atomic mass is 10.1. The van der Waals surface area contributed by atoms with Gasteiger partial charge in [0.05, 0.1) is 5.41 Å². The number of hydrogen-bond donors (Lipinski definition) is 1. The summed E-state index contributed by atoms with van der Waals surface area (Å²) in [4.78, 5) is 4.12. The summed E-state index contributed by atoms with van der Waals surface area (Å²) in [6.45, 7) is 1.62. The molecule has 3 aliphatic heterocycles. The lowest BCUT2D eigenvalue weighted by Crippen LogP contribution is -2.49. The standard InChI is InChI=1S/C6H8N2O4S2/c9-14(10)11-13(12-14)2-1-8-6(13)5-3-7-4-5/h1-2,5,7H,3-4H2. The third kappa shape index (κ3) is 1.09. The second-order valence-corrected chi connectivity index (χ2v) is 6.88. The summed E-state index contributed by atoms with van der Waals surface area (Å²) in [5.41, 5.74) is 0. The van der Waals surface area contributed by atoms with Gasteiger partial charge in [0.2, 0.25) is 0 Å². The Morgan fingerprint density at radius 2 is 2.14 bits per heavy atom. The van der Waals surface area contributed by atoms with Crippen LogP contribution in [0.3, 0.4) is 0 Å². The normalized spacial score (nSPS) is 34.7. The highest BCUT2D eigenvalue weighted by Crippen LogP contribution is 2.67. The first-order valence-electron chi connectivity index (χ1n) is 4.07. The van der Waals surface area contributed by atoms with Gasteiger partial charge in [-0.15, -0.1) is 7.26 Å². The molecule has 0 amide bonds. The van der Waals surface area contributed by atoms with Crippen LogP contribution in [0.1, 0.15) is 0 Å². The molecule has 0 bridgehead atoms. The Morgan fingerprint density at radius 3 is 2.64 bits per heavy atom. The fraction of sp³-hybridized carbons (Fsp3) is 0.500. The van der Waals surface area contributed by atoms with Crippen molar-refractivity contribution >= 4 is 26.0 Å². The van der Waals surface area contributed by atoms with E-state index in [0.717, 1.165) is 18.1 Å². The topological polar surface area (TPSA) is 77.0 Å². The van der Waals surface area contributed by atoms with Crippen LogP contribution in [-0.4, -0.2) is 26.6 Å². The van der Waals surface area contributed by atoms with Crippen LogP contribution in [0.2, 0.25) is 0 Å². The summed E-state index contributed by atoms with van der Waals surface area (Å²) in [5, 5.41) is 5.42. The fourth-order valence-corrected chi connectivity index (χ4v) is 5.64. The van der Waals surface area contributed by atoms with Crippen molar-refractivity contribution in [2.24, 2.45) is 10.9 Å². The lowest BCUT2D eigenvalue weighted by Gasteiger charge is -2.46. The number of aliphatic imine (C=N–C) groups is 1. The van der Waals surface area contributed by atoms with Gasteiger partial charge in [-0.25, -0.2) is 4.99 Å². The van der Waals surface area contributed by atoms with Gasteiger partial charge in [0.15, 0.2) is 0 Å². The van der Waals surface area contributed by atoms with E-state index in [1.165, 1.54) is 0 Å². The Kier molecular flexibility index (Phi) is 1.63. The van der Waals surface area contributed by atoms with Crippen LogP contribution >= 0.6 is 10.6 Å². The molecule has 0 aromatic rings. The van der Waals surface area contributed by atoms with Gasteiger partial charge in [0.1, 0.15) is 5.04 Å². The first kappa shape index (κ1) is 8.86. The second kappa shape index (κ2) is 2.58. The molecule has 6 nitrogen and oxygen atoms in total. The van der Waals surface area contributed by atoms with E-state index in [9.17, 15) is 8.42 Å². The van der Waals surface area contributed by atoms with E-state index in [-0.39, 0.29) is 5.92 Å². The average molecular weight is 236 g/mol. The van der Waals surface area contributed by atoms with E-state index in [4.69, 9.17) is 7.26 Å². The highest BCUT2D eigenvalue weighted by atomic mass is 32.4. The molecule has 3 aliphatic rings. The monoisotopic (exact) mass is 236 g/mol. The molecule has 14 heavy (non-hydrogen) atoms. The molecule has 0 aromatic heterocycles. The zero-order valence-electron chi connectivity index (χ0n) is 7.04. The smallest absolute Gasteiger partial charge is 0.315 e. The molecule has 3 rings (SSSR count). The quantitative estimate of drug-likeness (QED) is 0.694. The molecule has 3 heterocycles. The Morgan fingerprint density at radius 1 is 1.43 bits per heavy atom. The molecule has 0 unspecified atom stereocenters. The van der Waals surface area contributed by atoms with Crippen molar-refractivity contribution in [2.45, 2.75) is 0 Å². The van der Waals surface area contributed by atoms with E-state index >= 15 is 0 Å². The van der Waals surface area contributed by atoms with Crippen LogP contribution < -0.4 is 5.32 Å². The molecule has 2 saturated heterocycles. The third-order valence-corrected chi connectivity index (χ3v) is 6.69.